The molecule has 1 heterocycles. The first-order valence-electron chi connectivity index (χ1n) is 18.6. The highest BCUT2D eigenvalue weighted by Crippen LogP contribution is 2.34. The van der Waals surface area contributed by atoms with Gasteiger partial charge in [-0.1, -0.05) is 111 Å². The number of phenolic OH excluding ortho intramolecular Hbond substituents is 2. The first kappa shape index (κ1) is 39.3. The second-order valence-electron chi connectivity index (χ2n) is 15.0. The van der Waals surface area contributed by atoms with E-state index < -0.39 is 0 Å². The lowest BCUT2D eigenvalue weighted by molar-refractivity contribution is 0.0375. The third kappa shape index (κ3) is 11.8. The Balaban J connectivity index is 1.57. The van der Waals surface area contributed by atoms with Crippen molar-refractivity contribution < 1.29 is 24.5 Å². The lowest BCUT2D eigenvalue weighted by atomic mass is 9.83. The fourth-order valence-corrected chi connectivity index (χ4v) is 6.42. The number of aromatic hydroxyl groups is 2. The zero-order chi connectivity index (χ0) is 36.9. The second-order valence-corrected chi connectivity index (χ2v) is 15.0. The second kappa shape index (κ2) is 19.2. The molecular formula is C43H57N3O5. The standard InChI is InChI=1S/C43H57N3O5/c1-28(2)13-10-15-30(5)21-22-34(31(6)16-11-14-29(3)4)27-51-43(49)33-18-12-17-32(25-33)40-44-41(36-19-8-9-20-38(36)47)46-42(45-40)37-24-23-35(50-7)26-39(37)48/h8-9,12,17-20,23-26,28-31,34,47-48H,10-11,13-16,21-22,27H2,1-7H3. The molecule has 0 saturated heterocycles. The molecule has 0 radical (unpaired) electrons. The minimum Gasteiger partial charge on any atom is -0.507 e. The Labute approximate surface area is 304 Å². The summed E-state index contributed by atoms with van der Waals surface area (Å²) in [7, 11) is 1.52. The van der Waals surface area contributed by atoms with E-state index in [0.29, 0.717) is 58.3 Å². The highest BCUT2D eigenvalue weighted by atomic mass is 16.5. The smallest absolute Gasteiger partial charge is 0.338 e. The Morgan fingerprint density at radius 3 is 1.96 bits per heavy atom. The maximum absolute atomic E-state index is 13.6. The predicted octanol–water partition coefficient (Wildman–Crippen LogP) is 10.8. The molecule has 51 heavy (non-hydrogen) atoms. The maximum atomic E-state index is 13.6. The largest absolute Gasteiger partial charge is 0.507 e. The van der Waals surface area contributed by atoms with Crippen LogP contribution >= 0.6 is 0 Å². The number of ether oxygens (including phenoxy) is 2. The summed E-state index contributed by atoms with van der Waals surface area (Å²) in [4.78, 5) is 27.6. The molecule has 3 aromatic carbocycles. The van der Waals surface area contributed by atoms with E-state index in [0.717, 1.165) is 25.2 Å². The molecule has 3 unspecified atom stereocenters. The summed E-state index contributed by atoms with van der Waals surface area (Å²) in [5, 5.41) is 21.5. The Morgan fingerprint density at radius 2 is 1.31 bits per heavy atom. The molecule has 4 rings (SSSR count). The van der Waals surface area contributed by atoms with Gasteiger partial charge in [0.25, 0.3) is 0 Å². The summed E-state index contributed by atoms with van der Waals surface area (Å²) in [5.74, 6) is 3.57. The number of esters is 1. The number of para-hydroxylation sites is 1. The number of nitrogens with zero attached hydrogens (tertiary/aromatic N) is 3. The van der Waals surface area contributed by atoms with E-state index in [1.54, 1.807) is 54.6 Å². The van der Waals surface area contributed by atoms with Crippen molar-refractivity contribution in [2.45, 2.75) is 92.9 Å². The molecule has 0 spiro atoms. The van der Waals surface area contributed by atoms with Gasteiger partial charge in [-0.25, -0.2) is 19.7 Å². The molecule has 0 aliphatic heterocycles. The van der Waals surface area contributed by atoms with Gasteiger partial charge >= 0.3 is 5.97 Å². The molecule has 0 saturated carbocycles. The van der Waals surface area contributed by atoms with Gasteiger partial charge in [0.15, 0.2) is 17.5 Å². The molecule has 0 bridgehead atoms. The molecule has 8 heteroatoms. The summed E-state index contributed by atoms with van der Waals surface area (Å²) in [6.07, 6.45) is 9.45. The highest BCUT2D eigenvalue weighted by Gasteiger charge is 2.22. The van der Waals surface area contributed by atoms with Gasteiger partial charge in [0.2, 0.25) is 0 Å². The van der Waals surface area contributed by atoms with Crippen LogP contribution in [0.4, 0.5) is 0 Å². The molecule has 274 valence electrons. The van der Waals surface area contributed by atoms with Crippen LogP contribution in [0.25, 0.3) is 34.2 Å². The number of carbonyl (C=O) groups excluding carboxylic acids is 1. The van der Waals surface area contributed by atoms with Gasteiger partial charge < -0.3 is 19.7 Å². The Hall–Kier alpha value is -4.46. The van der Waals surface area contributed by atoms with Crippen molar-refractivity contribution in [1.29, 1.82) is 0 Å². The van der Waals surface area contributed by atoms with Crippen molar-refractivity contribution in [2.24, 2.45) is 29.6 Å². The summed E-state index contributed by atoms with van der Waals surface area (Å²) < 4.78 is 11.3. The van der Waals surface area contributed by atoms with Crippen molar-refractivity contribution >= 4 is 5.97 Å². The van der Waals surface area contributed by atoms with Crippen LogP contribution in [0.2, 0.25) is 0 Å². The molecule has 0 amide bonds. The van der Waals surface area contributed by atoms with Crippen LogP contribution in [0.3, 0.4) is 0 Å². The fourth-order valence-electron chi connectivity index (χ4n) is 6.42. The van der Waals surface area contributed by atoms with Gasteiger partial charge in [0, 0.05) is 11.6 Å². The molecule has 1 aromatic heterocycles. The predicted molar refractivity (Wildman–Crippen MR) is 205 cm³/mol. The van der Waals surface area contributed by atoms with Gasteiger partial charge in [0.05, 0.1) is 30.4 Å². The number of benzene rings is 3. The van der Waals surface area contributed by atoms with Gasteiger partial charge in [-0.15, -0.1) is 0 Å². The molecule has 4 aromatic rings. The molecular weight excluding hydrogens is 638 g/mol. The van der Waals surface area contributed by atoms with E-state index >= 15 is 0 Å². The number of hydrogen-bond donors (Lipinski definition) is 2. The Kier molecular flexibility index (Phi) is 14.8. The maximum Gasteiger partial charge on any atom is 0.338 e. The van der Waals surface area contributed by atoms with E-state index in [1.165, 1.54) is 45.3 Å². The minimum absolute atomic E-state index is 0.00909. The summed E-state index contributed by atoms with van der Waals surface area (Å²) >= 11 is 0. The monoisotopic (exact) mass is 695 g/mol. The number of rotatable bonds is 19. The molecule has 0 fully saturated rings. The van der Waals surface area contributed by atoms with Crippen molar-refractivity contribution in [2.75, 3.05) is 13.7 Å². The number of phenols is 2. The van der Waals surface area contributed by atoms with Crippen LogP contribution in [0.1, 0.15) is 103 Å². The lowest BCUT2D eigenvalue weighted by Crippen LogP contribution is -2.21. The first-order valence-corrected chi connectivity index (χ1v) is 18.6. The first-order chi connectivity index (χ1) is 24.4. The van der Waals surface area contributed by atoms with E-state index in [-0.39, 0.29) is 34.9 Å². The van der Waals surface area contributed by atoms with Crippen LogP contribution in [0.15, 0.2) is 66.7 Å². The third-order valence-corrected chi connectivity index (χ3v) is 9.77. The molecule has 0 aliphatic rings. The third-order valence-electron chi connectivity index (χ3n) is 9.77. The van der Waals surface area contributed by atoms with Crippen molar-refractivity contribution in [3.05, 3.63) is 72.3 Å². The lowest BCUT2D eigenvalue weighted by Gasteiger charge is -2.25. The average Bonchev–Trinajstić information content (AvgIpc) is 3.11. The summed E-state index contributed by atoms with van der Waals surface area (Å²) in [6, 6.07) is 18.7. The van der Waals surface area contributed by atoms with E-state index in [2.05, 4.69) is 46.5 Å². The van der Waals surface area contributed by atoms with E-state index in [4.69, 9.17) is 19.4 Å². The topological polar surface area (TPSA) is 115 Å². The van der Waals surface area contributed by atoms with E-state index in [9.17, 15) is 15.0 Å². The summed E-state index contributed by atoms with van der Waals surface area (Å²) in [5.41, 5.74) is 1.76. The zero-order valence-corrected chi connectivity index (χ0v) is 31.6. The highest BCUT2D eigenvalue weighted by molar-refractivity contribution is 5.91. The number of carbonyl (C=O) groups is 1. The van der Waals surface area contributed by atoms with Crippen LogP contribution in [0.5, 0.6) is 17.2 Å². The van der Waals surface area contributed by atoms with Gasteiger partial charge in [-0.2, -0.15) is 0 Å². The van der Waals surface area contributed by atoms with Crippen LogP contribution < -0.4 is 4.74 Å². The number of methoxy groups -OCH3 is 1. The van der Waals surface area contributed by atoms with Crippen molar-refractivity contribution in [1.82, 2.24) is 15.0 Å². The van der Waals surface area contributed by atoms with Crippen LogP contribution in [-0.2, 0) is 4.74 Å². The van der Waals surface area contributed by atoms with Crippen molar-refractivity contribution in [3.63, 3.8) is 0 Å². The van der Waals surface area contributed by atoms with Gasteiger partial charge in [0.1, 0.15) is 17.2 Å². The van der Waals surface area contributed by atoms with Gasteiger partial charge in [-0.3, -0.25) is 0 Å². The van der Waals surface area contributed by atoms with Crippen LogP contribution in [0, 0.1) is 29.6 Å². The van der Waals surface area contributed by atoms with E-state index in [1.807, 2.05) is 6.07 Å². The normalized spacial score (nSPS) is 13.3. The average molecular weight is 696 g/mol. The van der Waals surface area contributed by atoms with Crippen molar-refractivity contribution in [3.8, 4) is 51.4 Å². The quantitative estimate of drug-likeness (QED) is 0.0932. The van der Waals surface area contributed by atoms with Gasteiger partial charge in [-0.05, 0) is 72.4 Å². The minimum atomic E-state index is -0.385. The number of hydrogen-bond acceptors (Lipinski definition) is 8. The zero-order valence-electron chi connectivity index (χ0n) is 31.6. The fraction of sp³-hybridized carbons (Fsp3) is 0.488. The molecule has 0 aliphatic carbocycles. The Morgan fingerprint density at radius 1 is 0.667 bits per heavy atom. The summed E-state index contributed by atoms with van der Waals surface area (Å²) in [6.45, 7) is 14.2. The number of aromatic nitrogens is 3. The molecule has 2 N–H and O–H groups in total. The Bertz CT molecular complexity index is 1710. The molecule has 8 nitrogen and oxygen atoms in total. The SMILES string of the molecule is COc1ccc(-c2nc(-c3cccc(C(=O)OCC(CCC(C)CCCC(C)C)C(C)CCCC(C)C)c3)nc(-c3ccccc3O)n2)c(O)c1. The molecule has 3 atom stereocenters. The van der Waals surface area contributed by atoms with Crippen LogP contribution in [-0.4, -0.2) is 44.9 Å².